The van der Waals surface area contributed by atoms with Crippen molar-refractivity contribution in [2.24, 2.45) is 0 Å². The largest absolute Gasteiger partial charge is 0.367 e. The second-order valence-corrected chi connectivity index (χ2v) is 8.41. The molecule has 0 aliphatic carbocycles. The van der Waals surface area contributed by atoms with Gasteiger partial charge in [-0.15, -0.1) is 0 Å². The third-order valence-electron chi connectivity index (χ3n) is 6.30. The molecule has 0 bridgehead atoms. The van der Waals surface area contributed by atoms with Crippen LogP contribution in [0.5, 0.6) is 0 Å². The molecular weight excluding hydrogens is 442 g/mol. The Morgan fingerprint density at radius 2 is 1.51 bits per heavy atom. The highest BCUT2D eigenvalue weighted by atomic mass is 16.2. The van der Waals surface area contributed by atoms with Crippen LogP contribution in [0.3, 0.4) is 0 Å². The summed E-state index contributed by atoms with van der Waals surface area (Å²) in [7, 11) is 0. The van der Waals surface area contributed by atoms with E-state index in [4.69, 9.17) is 0 Å². The maximum atomic E-state index is 12.8. The van der Waals surface area contributed by atoms with E-state index in [2.05, 4.69) is 45.1 Å². The van der Waals surface area contributed by atoms with E-state index in [1.54, 1.807) is 43.3 Å². The van der Waals surface area contributed by atoms with Crippen molar-refractivity contribution in [2.45, 2.75) is 26.4 Å². The van der Waals surface area contributed by atoms with Gasteiger partial charge in [-0.25, -0.2) is 4.68 Å². The number of benzene rings is 3. The second kappa shape index (κ2) is 9.42. The summed E-state index contributed by atoms with van der Waals surface area (Å²) in [6, 6.07) is 22.5. The standard InChI is InChI=1S/C27H25N5O3/c1-2-32-27(35)23-10-6-5-9-22(23)24(30-32)26(34)29-28-25(33)19-11-13-21(14-12-19)31-16-15-18-7-3-4-8-20(18)17-31/h3-14H,2,15-17H2,1H3,(H,28,33)(H,29,34). The minimum absolute atomic E-state index is 0.0723. The summed E-state index contributed by atoms with van der Waals surface area (Å²) in [4.78, 5) is 40.2. The first-order chi connectivity index (χ1) is 17.0. The van der Waals surface area contributed by atoms with Crippen LogP contribution in [0.15, 0.2) is 77.6 Å². The molecule has 2 amide bonds. The van der Waals surface area contributed by atoms with E-state index in [1.807, 2.05) is 12.1 Å². The number of nitrogens with zero attached hydrogens (tertiary/aromatic N) is 3. The Balaban J connectivity index is 1.27. The number of nitrogens with one attached hydrogen (secondary N) is 2. The number of fused-ring (bicyclic) bond motifs is 2. The third-order valence-corrected chi connectivity index (χ3v) is 6.30. The van der Waals surface area contributed by atoms with Crippen LogP contribution < -0.4 is 21.3 Å². The number of hydrogen-bond acceptors (Lipinski definition) is 5. The smallest absolute Gasteiger partial charge is 0.290 e. The number of aromatic nitrogens is 2. The minimum atomic E-state index is -0.597. The molecule has 4 aromatic rings. The summed E-state index contributed by atoms with van der Waals surface area (Å²) in [6.07, 6.45) is 0.985. The number of aryl methyl sites for hydroxylation is 1. The maximum absolute atomic E-state index is 12.8. The highest BCUT2D eigenvalue weighted by Gasteiger charge is 2.18. The van der Waals surface area contributed by atoms with Crippen molar-refractivity contribution in [1.29, 1.82) is 0 Å². The van der Waals surface area contributed by atoms with Gasteiger partial charge in [0.25, 0.3) is 17.4 Å². The van der Waals surface area contributed by atoms with Gasteiger partial charge in [-0.05, 0) is 54.8 Å². The highest BCUT2D eigenvalue weighted by molar-refractivity contribution is 6.06. The predicted molar refractivity (Wildman–Crippen MR) is 134 cm³/mol. The number of amides is 2. The lowest BCUT2D eigenvalue weighted by Gasteiger charge is -2.30. The molecule has 1 aliphatic rings. The number of hydrogen-bond donors (Lipinski definition) is 2. The molecule has 2 N–H and O–H groups in total. The molecule has 0 atom stereocenters. The van der Waals surface area contributed by atoms with Crippen molar-refractivity contribution in [3.8, 4) is 0 Å². The first-order valence-electron chi connectivity index (χ1n) is 11.6. The zero-order valence-corrected chi connectivity index (χ0v) is 19.3. The summed E-state index contributed by atoms with van der Waals surface area (Å²) in [5.74, 6) is -1.04. The lowest BCUT2D eigenvalue weighted by atomic mass is 9.99. The van der Waals surface area contributed by atoms with E-state index in [0.717, 1.165) is 25.2 Å². The van der Waals surface area contributed by atoms with E-state index >= 15 is 0 Å². The van der Waals surface area contributed by atoms with E-state index in [1.165, 1.54) is 15.8 Å². The molecule has 1 aliphatic heterocycles. The summed E-state index contributed by atoms with van der Waals surface area (Å²) in [6.45, 7) is 3.85. The first-order valence-corrected chi connectivity index (χ1v) is 11.6. The quantitative estimate of drug-likeness (QED) is 0.450. The number of carbonyl (C=O) groups is 2. The highest BCUT2D eigenvalue weighted by Crippen LogP contribution is 2.24. The summed E-state index contributed by atoms with van der Waals surface area (Å²) >= 11 is 0. The van der Waals surface area contributed by atoms with Gasteiger partial charge in [0.1, 0.15) is 0 Å². The summed E-state index contributed by atoms with van der Waals surface area (Å²) < 4.78 is 1.23. The Hall–Kier alpha value is -4.46. The van der Waals surface area contributed by atoms with Gasteiger partial charge in [0.15, 0.2) is 5.69 Å². The molecule has 0 unspecified atom stereocenters. The van der Waals surface area contributed by atoms with Crippen molar-refractivity contribution in [3.05, 3.63) is 106 Å². The molecule has 8 heteroatoms. The van der Waals surface area contributed by atoms with Crippen LogP contribution in [0.25, 0.3) is 10.8 Å². The van der Waals surface area contributed by atoms with Gasteiger partial charge in [-0.2, -0.15) is 5.10 Å². The molecule has 0 spiro atoms. The summed E-state index contributed by atoms with van der Waals surface area (Å²) in [5, 5.41) is 5.02. The average Bonchev–Trinajstić information content (AvgIpc) is 2.91. The lowest BCUT2D eigenvalue weighted by Crippen LogP contribution is -2.42. The predicted octanol–water partition coefficient (Wildman–Crippen LogP) is 3.05. The van der Waals surface area contributed by atoms with Gasteiger partial charge >= 0.3 is 0 Å². The SMILES string of the molecule is CCn1nc(C(=O)NNC(=O)c2ccc(N3CCc4ccccc4C3)cc2)c2ccccc2c1=O. The van der Waals surface area contributed by atoms with Gasteiger partial charge in [0.2, 0.25) is 0 Å². The molecule has 1 aromatic heterocycles. The van der Waals surface area contributed by atoms with Crippen LogP contribution >= 0.6 is 0 Å². The molecule has 0 saturated heterocycles. The van der Waals surface area contributed by atoms with Gasteiger partial charge in [-0.3, -0.25) is 25.2 Å². The number of anilines is 1. The van der Waals surface area contributed by atoms with Gasteiger partial charge in [-0.1, -0.05) is 42.5 Å². The molecule has 0 radical (unpaired) electrons. The van der Waals surface area contributed by atoms with Crippen LogP contribution in [0.4, 0.5) is 5.69 Å². The molecule has 3 aromatic carbocycles. The lowest BCUT2D eigenvalue weighted by molar-refractivity contribution is 0.0843. The minimum Gasteiger partial charge on any atom is -0.367 e. The van der Waals surface area contributed by atoms with Crippen molar-refractivity contribution < 1.29 is 9.59 Å². The molecule has 176 valence electrons. The van der Waals surface area contributed by atoms with Crippen LogP contribution in [0.1, 0.15) is 38.9 Å². The third kappa shape index (κ3) is 4.38. The fourth-order valence-electron chi connectivity index (χ4n) is 4.40. The van der Waals surface area contributed by atoms with Crippen LogP contribution in [0, 0.1) is 0 Å². The van der Waals surface area contributed by atoms with Crippen LogP contribution in [-0.2, 0) is 19.5 Å². The van der Waals surface area contributed by atoms with Gasteiger partial charge in [0.05, 0.1) is 5.39 Å². The van der Waals surface area contributed by atoms with E-state index < -0.39 is 11.8 Å². The van der Waals surface area contributed by atoms with Crippen molar-refractivity contribution >= 4 is 28.3 Å². The van der Waals surface area contributed by atoms with E-state index in [0.29, 0.717) is 22.9 Å². The van der Waals surface area contributed by atoms with Crippen molar-refractivity contribution in [1.82, 2.24) is 20.6 Å². The Morgan fingerprint density at radius 3 is 2.26 bits per heavy atom. The van der Waals surface area contributed by atoms with Crippen molar-refractivity contribution in [3.63, 3.8) is 0 Å². The Morgan fingerprint density at radius 1 is 0.857 bits per heavy atom. The molecule has 0 fully saturated rings. The van der Waals surface area contributed by atoms with Crippen LogP contribution in [0.2, 0.25) is 0 Å². The molecule has 2 heterocycles. The molecule has 0 saturated carbocycles. The Kier molecular flexibility index (Phi) is 6.01. The molecule has 35 heavy (non-hydrogen) atoms. The monoisotopic (exact) mass is 467 g/mol. The number of rotatable bonds is 4. The van der Waals surface area contributed by atoms with E-state index in [-0.39, 0.29) is 11.3 Å². The van der Waals surface area contributed by atoms with Crippen molar-refractivity contribution in [2.75, 3.05) is 11.4 Å². The zero-order valence-electron chi connectivity index (χ0n) is 19.3. The second-order valence-electron chi connectivity index (χ2n) is 8.41. The maximum Gasteiger partial charge on any atom is 0.290 e. The number of carbonyl (C=O) groups excluding carboxylic acids is 2. The van der Waals surface area contributed by atoms with Crippen LogP contribution in [-0.4, -0.2) is 28.1 Å². The molecule has 8 nitrogen and oxygen atoms in total. The van der Waals surface area contributed by atoms with Gasteiger partial charge < -0.3 is 4.90 Å². The Bertz CT molecular complexity index is 1480. The van der Waals surface area contributed by atoms with Gasteiger partial charge in [0, 0.05) is 36.3 Å². The summed E-state index contributed by atoms with van der Waals surface area (Å²) in [5.41, 5.74) is 8.84. The normalized spacial score (nSPS) is 12.8. The first kappa shape index (κ1) is 22.3. The Labute approximate surface area is 202 Å². The fraction of sp³-hybridized carbons (Fsp3) is 0.185. The molecular formula is C27H25N5O3. The topological polar surface area (TPSA) is 96.3 Å². The fourth-order valence-corrected chi connectivity index (χ4v) is 4.40. The molecule has 5 rings (SSSR count). The number of hydrazine groups is 1. The zero-order chi connectivity index (χ0) is 24.4. The van der Waals surface area contributed by atoms with E-state index in [9.17, 15) is 14.4 Å². The average molecular weight is 468 g/mol.